The van der Waals surface area contributed by atoms with E-state index in [1.807, 2.05) is 13.0 Å². The summed E-state index contributed by atoms with van der Waals surface area (Å²) in [7, 11) is -3.12. The van der Waals surface area contributed by atoms with Crippen molar-refractivity contribution in [1.29, 1.82) is 5.26 Å². The van der Waals surface area contributed by atoms with Crippen LogP contribution in [0.15, 0.2) is 12.4 Å². The molecule has 1 N–H and O–H groups in total. The van der Waals surface area contributed by atoms with Crippen molar-refractivity contribution in [2.45, 2.75) is 32.2 Å². The van der Waals surface area contributed by atoms with Crippen molar-refractivity contribution in [3.63, 3.8) is 0 Å². The number of rotatable bonds is 5. The molecule has 21 heavy (non-hydrogen) atoms. The molecule has 0 bridgehead atoms. The lowest BCUT2D eigenvalue weighted by Gasteiger charge is -2.31. The average molecular weight is 309 g/mol. The van der Waals surface area contributed by atoms with Crippen LogP contribution in [0.1, 0.15) is 31.9 Å². The smallest absolute Gasteiger partial charge is 0.214 e. The molecular weight excluding hydrogens is 290 g/mol. The molecule has 1 saturated heterocycles. The summed E-state index contributed by atoms with van der Waals surface area (Å²) in [5.74, 6) is 0.670. The quantitative estimate of drug-likeness (QED) is 0.870. The normalized spacial score (nSPS) is 17.3. The van der Waals surface area contributed by atoms with Crippen LogP contribution in [0.5, 0.6) is 0 Å². The summed E-state index contributed by atoms with van der Waals surface area (Å²) in [4.78, 5) is 8.06. The average Bonchev–Trinajstić information content (AvgIpc) is 2.48. The molecule has 0 unspecified atom stereocenters. The second-order valence-electron chi connectivity index (χ2n) is 5.00. The van der Waals surface area contributed by atoms with Gasteiger partial charge in [0.25, 0.3) is 0 Å². The topological polar surface area (TPSA) is 99.0 Å². The van der Waals surface area contributed by atoms with E-state index in [1.54, 1.807) is 4.31 Å². The highest BCUT2D eigenvalue weighted by molar-refractivity contribution is 7.89. The van der Waals surface area contributed by atoms with E-state index in [4.69, 9.17) is 5.26 Å². The van der Waals surface area contributed by atoms with Gasteiger partial charge in [-0.05, 0) is 19.3 Å². The van der Waals surface area contributed by atoms with Gasteiger partial charge in [0.2, 0.25) is 10.0 Å². The van der Waals surface area contributed by atoms with Crippen molar-refractivity contribution in [3.8, 4) is 6.07 Å². The number of nitriles is 1. The molecule has 0 spiro atoms. The van der Waals surface area contributed by atoms with Gasteiger partial charge in [0.05, 0.1) is 5.75 Å². The Morgan fingerprint density at radius 3 is 2.67 bits per heavy atom. The van der Waals surface area contributed by atoms with Crippen molar-refractivity contribution in [1.82, 2.24) is 14.3 Å². The summed E-state index contributed by atoms with van der Waals surface area (Å²) >= 11 is 0. The molecular formula is C13H19N5O2S. The molecule has 1 aliphatic heterocycles. The van der Waals surface area contributed by atoms with Gasteiger partial charge < -0.3 is 5.32 Å². The summed E-state index contributed by atoms with van der Waals surface area (Å²) in [5, 5.41) is 12.2. The summed E-state index contributed by atoms with van der Waals surface area (Å²) in [6.07, 6.45) is 5.04. The molecule has 0 saturated carbocycles. The fourth-order valence-corrected chi connectivity index (χ4v) is 3.93. The van der Waals surface area contributed by atoms with Crippen molar-refractivity contribution in [3.05, 3.63) is 18.1 Å². The van der Waals surface area contributed by atoms with Gasteiger partial charge in [-0.2, -0.15) is 5.26 Å². The van der Waals surface area contributed by atoms with Gasteiger partial charge in [0.1, 0.15) is 6.07 Å². The molecule has 2 heterocycles. The number of nitrogens with one attached hydrogen (secondary N) is 1. The van der Waals surface area contributed by atoms with Crippen LogP contribution < -0.4 is 5.32 Å². The molecule has 0 atom stereocenters. The summed E-state index contributed by atoms with van der Waals surface area (Å²) in [6, 6.07) is 2.11. The highest BCUT2D eigenvalue weighted by atomic mass is 32.2. The summed E-state index contributed by atoms with van der Waals surface area (Å²) in [6.45, 7) is 2.87. The number of aromatic nitrogens is 2. The molecule has 7 nitrogen and oxygen atoms in total. The highest BCUT2D eigenvalue weighted by Crippen LogP contribution is 2.19. The second kappa shape index (κ2) is 6.83. The highest BCUT2D eigenvalue weighted by Gasteiger charge is 2.27. The molecule has 1 aliphatic rings. The molecule has 0 aliphatic carbocycles. The van der Waals surface area contributed by atoms with E-state index < -0.39 is 10.0 Å². The van der Waals surface area contributed by atoms with Gasteiger partial charge in [0, 0.05) is 31.5 Å². The minimum absolute atomic E-state index is 0.113. The molecule has 114 valence electrons. The molecule has 0 radical (unpaired) electrons. The largest absolute Gasteiger partial charge is 0.365 e. The van der Waals surface area contributed by atoms with E-state index in [0.717, 1.165) is 0 Å². The lowest BCUT2D eigenvalue weighted by Crippen LogP contribution is -2.43. The van der Waals surface area contributed by atoms with E-state index >= 15 is 0 Å². The van der Waals surface area contributed by atoms with E-state index in [9.17, 15) is 8.42 Å². The number of anilines is 1. The molecule has 1 fully saturated rings. The van der Waals surface area contributed by atoms with Crippen molar-refractivity contribution in [2.75, 3.05) is 24.2 Å². The number of sulfonamides is 1. The summed E-state index contributed by atoms with van der Waals surface area (Å²) < 4.78 is 25.5. The molecule has 0 aromatic carbocycles. The monoisotopic (exact) mass is 309 g/mol. The first kappa shape index (κ1) is 15.7. The van der Waals surface area contributed by atoms with Crippen LogP contribution in [0.3, 0.4) is 0 Å². The second-order valence-corrected chi connectivity index (χ2v) is 7.09. The van der Waals surface area contributed by atoms with Crippen LogP contribution in [0.2, 0.25) is 0 Å². The minimum atomic E-state index is -3.12. The van der Waals surface area contributed by atoms with Gasteiger partial charge in [-0.1, -0.05) is 6.92 Å². The van der Waals surface area contributed by atoms with E-state index in [2.05, 4.69) is 15.3 Å². The fraction of sp³-hybridized carbons (Fsp3) is 0.615. The number of hydrogen-bond acceptors (Lipinski definition) is 6. The van der Waals surface area contributed by atoms with Crippen LogP contribution in [-0.2, 0) is 10.0 Å². The standard InChI is InChI=1S/C13H19N5O2S/c1-2-9-21(19,20)18-7-3-11(4-8-18)17-13-12(10-14)15-5-6-16-13/h5-6,11H,2-4,7-9H2,1H3,(H,16,17). The first-order chi connectivity index (χ1) is 10.1. The maximum Gasteiger partial charge on any atom is 0.214 e. The first-order valence-electron chi connectivity index (χ1n) is 7.02. The first-order valence-corrected chi connectivity index (χ1v) is 8.63. The van der Waals surface area contributed by atoms with Gasteiger partial charge >= 0.3 is 0 Å². The van der Waals surface area contributed by atoms with Crippen molar-refractivity contribution >= 4 is 15.8 Å². The van der Waals surface area contributed by atoms with Gasteiger partial charge in [-0.15, -0.1) is 0 Å². The zero-order valence-electron chi connectivity index (χ0n) is 12.0. The van der Waals surface area contributed by atoms with Crippen LogP contribution in [0.25, 0.3) is 0 Å². The Morgan fingerprint density at radius 2 is 2.05 bits per heavy atom. The van der Waals surface area contributed by atoms with Crippen LogP contribution in [0, 0.1) is 11.3 Å². The van der Waals surface area contributed by atoms with Crippen LogP contribution >= 0.6 is 0 Å². The predicted octanol–water partition coefficient (Wildman–Crippen LogP) is 0.964. The Hall–Kier alpha value is -1.72. The van der Waals surface area contributed by atoms with Crippen LogP contribution in [-0.4, -0.2) is 47.6 Å². The minimum Gasteiger partial charge on any atom is -0.365 e. The Morgan fingerprint density at radius 1 is 1.38 bits per heavy atom. The Kier molecular flexibility index (Phi) is 5.09. The lowest BCUT2D eigenvalue weighted by molar-refractivity contribution is 0.329. The number of nitrogens with zero attached hydrogens (tertiary/aromatic N) is 4. The number of hydrogen-bond donors (Lipinski definition) is 1. The third kappa shape index (κ3) is 3.89. The molecule has 8 heteroatoms. The number of piperidine rings is 1. The maximum atomic E-state index is 12.0. The van der Waals surface area contributed by atoms with Crippen molar-refractivity contribution < 1.29 is 8.42 Å². The summed E-state index contributed by atoms with van der Waals surface area (Å²) in [5.41, 5.74) is 0.263. The van der Waals surface area contributed by atoms with Gasteiger partial charge in [0.15, 0.2) is 11.5 Å². The maximum absolute atomic E-state index is 12.0. The Labute approximate surface area is 125 Å². The third-order valence-corrected chi connectivity index (χ3v) is 5.53. The molecule has 2 rings (SSSR count). The van der Waals surface area contributed by atoms with Crippen molar-refractivity contribution in [2.24, 2.45) is 0 Å². The Balaban J connectivity index is 1.95. The van der Waals surface area contributed by atoms with E-state index in [-0.39, 0.29) is 17.5 Å². The predicted molar refractivity (Wildman–Crippen MR) is 79.0 cm³/mol. The van der Waals surface area contributed by atoms with E-state index in [1.165, 1.54) is 12.4 Å². The van der Waals surface area contributed by atoms with Gasteiger partial charge in [-0.3, -0.25) is 0 Å². The SMILES string of the molecule is CCCS(=O)(=O)N1CCC(Nc2nccnc2C#N)CC1. The van der Waals surface area contributed by atoms with Crippen LogP contribution in [0.4, 0.5) is 5.82 Å². The Bertz CT molecular complexity index is 618. The molecule has 1 aromatic rings. The fourth-order valence-electron chi connectivity index (χ4n) is 2.38. The van der Waals surface area contributed by atoms with Gasteiger partial charge in [-0.25, -0.2) is 22.7 Å². The lowest BCUT2D eigenvalue weighted by atomic mass is 10.1. The van der Waals surface area contributed by atoms with E-state index in [0.29, 0.717) is 38.2 Å². The third-order valence-electron chi connectivity index (χ3n) is 3.45. The molecule has 0 amide bonds. The zero-order valence-corrected chi connectivity index (χ0v) is 12.8. The molecule has 1 aromatic heterocycles. The zero-order chi connectivity index (χ0) is 15.3.